The van der Waals surface area contributed by atoms with E-state index in [1.54, 1.807) is 36.2 Å². The molecule has 3 aromatic rings. The molecular weight excluding hydrogens is 422 g/mol. The topological polar surface area (TPSA) is 118 Å². The molecule has 1 N–H and O–H groups in total. The number of amides is 1. The van der Waals surface area contributed by atoms with Crippen LogP contribution in [0.3, 0.4) is 0 Å². The lowest BCUT2D eigenvalue weighted by atomic mass is 9.89. The van der Waals surface area contributed by atoms with E-state index in [2.05, 4.69) is 15.3 Å². The maximum absolute atomic E-state index is 12.4. The number of nitrogens with zero attached hydrogens (tertiary/aromatic N) is 4. The van der Waals surface area contributed by atoms with Crippen LogP contribution in [0.5, 0.6) is 0 Å². The lowest BCUT2D eigenvalue weighted by Crippen LogP contribution is -2.43. The van der Waals surface area contributed by atoms with Crippen LogP contribution >= 0.6 is 0 Å². The molecule has 0 bridgehead atoms. The molecule has 1 aliphatic rings. The Bertz CT molecular complexity index is 1220. The van der Waals surface area contributed by atoms with E-state index in [0.717, 1.165) is 16.8 Å². The third kappa shape index (κ3) is 4.43. The molecule has 1 aliphatic heterocycles. The zero-order valence-electron chi connectivity index (χ0n) is 18.5. The van der Waals surface area contributed by atoms with E-state index < -0.39 is 4.92 Å². The number of Topliss-reactive ketones (excluding diaryl/α,β-unsaturated/α-hetero) is 1. The van der Waals surface area contributed by atoms with Gasteiger partial charge in [-0.15, -0.1) is 0 Å². The van der Waals surface area contributed by atoms with Gasteiger partial charge in [0.2, 0.25) is 5.91 Å². The van der Waals surface area contributed by atoms with E-state index >= 15 is 0 Å². The molecule has 0 unspecified atom stereocenters. The van der Waals surface area contributed by atoms with E-state index in [1.807, 2.05) is 25.1 Å². The van der Waals surface area contributed by atoms with Crippen molar-refractivity contribution in [3.05, 3.63) is 76.1 Å². The third-order valence-electron chi connectivity index (χ3n) is 5.77. The van der Waals surface area contributed by atoms with Crippen molar-refractivity contribution < 1.29 is 14.5 Å². The van der Waals surface area contributed by atoms with Gasteiger partial charge in [0.15, 0.2) is 5.78 Å². The second-order valence-electron chi connectivity index (χ2n) is 8.09. The molecule has 0 saturated carbocycles. The number of nitro groups is 1. The highest BCUT2D eigenvalue weighted by molar-refractivity contribution is 5.95. The molecule has 0 spiro atoms. The summed E-state index contributed by atoms with van der Waals surface area (Å²) in [4.78, 5) is 44.7. The summed E-state index contributed by atoms with van der Waals surface area (Å²) in [5.74, 6) is 0.409. The Balaban J connectivity index is 1.73. The molecule has 9 heteroatoms. The van der Waals surface area contributed by atoms with Crippen LogP contribution in [0, 0.1) is 10.1 Å². The first-order chi connectivity index (χ1) is 15.7. The SMILES string of the molecule is CC(=O)c1ccc(-c2ccc3c(c2)[C@H](Nc2ccc([N+](=O)[O-])cn2)C[C@H](C)N3C(C)=O)nc1. The number of carbonyl (C=O) groups is 2. The van der Waals surface area contributed by atoms with Crippen LogP contribution < -0.4 is 10.2 Å². The molecule has 3 heterocycles. The first kappa shape index (κ1) is 22.1. The highest BCUT2D eigenvalue weighted by Gasteiger charge is 2.33. The van der Waals surface area contributed by atoms with Gasteiger partial charge < -0.3 is 10.2 Å². The number of aromatic nitrogens is 2. The fourth-order valence-corrected chi connectivity index (χ4v) is 4.17. The van der Waals surface area contributed by atoms with Crippen LogP contribution in [0.2, 0.25) is 0 Å². The molecule has 0 radical (unpaired) electrons. The Morgan fingerprint density at radius 2 is 1.88 bits per heavy atom. The van der Waals surface area contributed by atoms with Gasteiger partial charge in [-0.3, -0.25) is 24.7 Å². The molecule has 0 aliphatic carbocycles. The van der Waals surface area contributed by atoms with Crippen molar-refractivity contribution in [2.45, 2.75) is 39.3 Å². The first-order valence-electron chi connectivity index (χ1n) is 10.5. The third-order valence-corrected chi connectivity index (χ3v) is 5.77. The highest BCUT2D eigenvalue weighted by atomic mass is 16.6. The fourth-order valence-electron chi connectivity index (χ4n) is 4.17. The Kier molecular flexibility index (Phi) is 5.87. The van der Waals surface area contributed by atoms with Gasteiger partial charge in [-0.05, 0) is 56.2 Å². The van der Waals surface area contributed by atoms with Gasteiger partial charge in [-0.25, -0.2) is 4.98 Å². The van der Waals surface area contributed by atoms with E-state index in [1.165, 1.54) is 19.2 Å². The molecule has 168 valence electrons. The number of nitrogens with one attached hydrogen (secondary N) is 1. The number of fused-ring (bicyclic) bond motifs is 1. The number of hydrogen-bond acceptors (Lipinski definition) is 7. The van der Waals surface area contributed by atoms with Crippen LogP contribution in [0.15, 0.2) is 54.9 Å². The number of ketones is 1. The summed E-state index contributed by atoms with van der Waals surface area (Å²) in [6, 6.07) is 12.1. The molecule has 0 fully saturated rings. The Hall–Kier alpha value is -4.14. The number of hydrogen-bond donors (Lipinski definition) is 1. The van der Waals surface area contributed by atoms with Gasteiger partial charge >= 0.3 is 0 Å². The van der Waals surface area contributed by atoms with Crippen LogP contribution in [-0.2, 0) is 4.79 Å². The van der Waals surface area contributed by atoms with Crippen LogP contribution in [-0.4, -0.2) is 32.6 Å². The number of rotatable bonds is 5. The second kappa shape index (κ2) is 8.78. The van der Waals surface area contributed by atoms with Gasteiger partial charge in [0.1, 0.15) is 12.0 Å². The molecule has 4 rings (SSSR count). The summed E-state index contributed by atoms with van der Waals surface area (Å²) >= 11 is 0. The van der Waals surface area contributed by atoms with Crippen LogP contribution in [0.4, 0.5) is 17.2 Å². The van der Waals surface area contributed by atoms with Crippen molar-refractivity contribution >= 4 is 28.9 Å². The largest absolute Gasteiger partial charge is 0.363 e. The number of carbonyl (C=O) groups excluding carboxylic acids is 2. The van der Waals surface area contributed by atoms with Crippen molar-refractivity contribution in [2.24, 2.45) is 0 Å². The molecular formula is C24H23N5O4. The predicted molar refractivity (Wildman–Crippen MR) is 124 cm³/mol. The summed E-state index contributed by atoms with van der Waals surface area (Å²) in [6.45, 7) is 5.02. The van der Waals surface area contributed by atoms with Crippen molar-refractivity contribution in [1.82, 2.24) is 9.97 Å². The average molecular weight is 445 g/mol. The Morgan fingerprint density at radius 3 is 2.45 bits per heavy atom. The van der Waals surface area contributed by atoms with Gasteiger partial charge in [0, 0.05) is 42.0 Å². The van der Waals surface area contributed by atoms with Gasteiger partial charge in [0.25, 0.3) is 5.69 Å². The molecule has 1 aromatic carbocycles. The predicted octanol–water partition coefficient (Wildman–Crippen LogP) is 4.55. The van der Waals surface area contributed by atoms with Gasteiger partial charge in [0.05, 0.1) is 16.7 Å². The smallest absolute Gasteiger partial charge is 0.287 e. The molecule has 1 amide bonds. The number of benzene rings is 1. The summed E-state index contributed by atoms with van der Waals surface area (Å²) in [6.07, 6.45) is 3.40. The summed E-state index contributed by atoms with van der Waals surface area (Å²) in [5.41, 5.74) is 3.72. The molecule has 0 saturated heterocycles. The number of anilines is 2. The van der Waals surface area contributed by atoms with Crippen molar-refractivity contribution in [1.29, 1.82) is 0 Å². The van der Waals surface area contributed by atoms with Crippen molar-refractivity contribution in [3.63, 3.8) is 0 Å². The number of pyridine rings is 2. The molecule has 2 atom stereocenters. The van der Waals surface area contributed by atoms with E-state index in [0.29, 0.717) is 23.5 Å². The zero-order chi connectivity index (χ0) is 23.7. The minimum absolute atomic E-state index is 0.0488. The normalized spacial score (nSPS) is 17.2. The Morgan fingerprint density at radius 1 is 1.09 bits per heavy atom. The van der Waals surface area contributed by atoms with Gasteiger partial charge in [-0.2, -0.15) is 0 Å². The lowest BCUT2D eigenvalue weighted by Gasteiger charge is -2.39. The minimum atomic E-state index is -0.490. The van der Waals surface area contributed by atoms with Crippen LogP contribution in [0.25, 0.3) is 11.3 Å². The van der Waals surface area contributed by atoms with Crippen LogP contribution in [0.1, 0.15) is 49.2 Å². The lowest BCUT2D eigenvalue weighted by molar-refractivity contribution is -0.385. The Labute approximate surface area is 190 Å². The molecule has 2 aromatic heterocycles. The van der Waals surface area contributed by atoms with Crippen molar-refractivity contribution in [3.8, 4) is 11.3 Å². The minimum Gasteiger partial charge on any atom is -0.363 e. The monoisotopic (exact) mass is 445 g/mol. The second-order valence-corrected chi connectivity index (χ2v) is 8.09. The molecule has 9 nitrogen and oxygen atoms in total. The van der Waals surface area contributed by atoms with Crippen molar-refractivity contribution in [2.75, 3.05) is 10.2 Å². The fraction of sp³-hybridized carbons (Fsp3) is 0.250. The maximum atomic E-state index is 12.4. The van der Waals surface area contributed by atoms with Gasteiger partial charge in [-0.1, -0.05) is 6.07 Å². The van der Waals surface area contributed by atoms with E-state index in [9.17, 15) is 19.7 Å². The maximum Gasteiger partial charge on any atom is 0.287 e. The quantitative estimate of drug-likeness (QED) is 0.348. The average Bonchev–Trinajstić information content (AvgIpc) is 2.79. The van der Waals surface area contributed by atoms with E-state index in [-0.39, 0.29) is 29.5 Å². The van der Waals surface area contributed by atoms with E-state index in [4.69, 9.17) is 0 Å². The standard InChI is InChI=1S/C24H23N5O4/c1-14-10-22(27-24-9-6-19(13-26-24)29(32)33)20-11-17(5-8-23(20)28(14)16(3)31)21-7-4-18(12-25-21)15(2)30/h4-9,11-14,22H,10H2,1-3H3,(H,26,27)/t14-,22+/m0/s1. The highest BCUT2D eigenvalue weighted by Crippen LogP contribution is 2.40. The molecule has 33 heavy (non-hydrogen) atoms. The summed E-state index contributed by atoms with van der Waals surface area (Å²) < 4.78 is 0. The summed E-state index contributed by atoms with van der Waals surface area (Å²) in [7, 11) is 0. The summed E-state index contributed by atoms with van der Waals surface area (Å²) in [5, 5.41) is 14.3. The zero-order valence-corrected chi connectivity index (χ0v) is 18.5. The first-order valence-corrected chi connectivity index (χ1v) is 10.5.